The molecule has 26 heavy (non-hydrogen) atoms. The van der Waals surface area contributed by atoms with E-state index in [1.165, 1.54) is 16.2 Å². The number of ketones is 1. The molecule has 0 aliphatic heterocycles. The van der Waals surface area contributed by atoms with Crippen LogP contribution in [-0.4, -0.2) is 48.9 Å². The molecule has 0 atom stereocenters. The molecule has 3 aromatic rings. The summed E-state index contributed by atoms with van der Waals surface area (Å²) in [4.78, 5) is 13.8. The molecule has 0 bridgehead atoms. The first-order valence-electron chi connectivity index (χ1n) is 8.07. The van der Waals surface area contributed by atoms with Crippen LogP contribution in [0.1, 0.15) is 15.9 Å². The molecule has 7 heteroatoms. The highest BCUT2D eigenvalue weighted by molar-refractivity contribution is 7.90. The zero-order valence-electron chi connectivity index (χ0n) is 14.6. The lowest BCUT2D eigenvalue weighted by Gasteiger charge is -2.11. The summed E-state index contributed by atoms with van der Waals surface area (Å²) in [5, 5.41) is 9.59. The van der Waals surface area contributed by atoms with Gasteiger partial charge < -0.3 is 10.0 Å². The highest BCUT2D eigenvalue weighted by Gasteiger charge is 2.19. The largest absolute Gasteiger partial charge is 0.388 e. The molecule has 0 aliphatic carbocycles. The van der Waals surface area contributed by atoms with Gasteiger partial charge in [-0.05, 0) is 56.1 Å². The Balaban J connectivity index is 2.00. The SMILES string of the molecule is CN(C)Cc1ccc(S(=O)(=O)n2ccc3cc(C(=O)CO)ccc32)cc1. The third-order valence-electron chi connectivity index (χ3n) is 4.10. The smallest absolute Gasteiger partial charge is 0.268 e. The van der Waals surface area contributed by atoms with Crippen LogP contribution in [0.4, 0.5) is 0 Å². The predicted molar refractivity (Wildman–Crippen MR) is 99.8 cm³/mol. The van der Waals surface area contributed by atoms with Crippen LogP contribution in [0.25, 0.3) is 10.9 Å². The van der Waals surface area contributed by atoms with Gasteiger partial charge in [-0.15, -0.1) is 0 Å². The van der Waals surface area contributed by atoms with Crippen molar-refractivity contribution in [2.45, 2.75) is 11.4 Å². The molecule has 0 spiro atoms. The predicted octanol–water partition coefficient (Wildman–Crippen LogP) is 2.11. The van der Waals surface area contributed by atoms with Gasteiger partial charge in [0.2, 0.25) is 0 Å². The number of nitrogens with zero attached hydrogens (tertiary/aromatic N) is 2. The van der Waals surface area contributed by atoms with Crippen molar-refractivity contribution in [3.8, 4) is 0 Å². The van der Waals surface area contributed by atoms with Crippen LogP contribution in [0.5, 0.6) is 0 Å². The third kappa shape index (κ3) is 3.41. The topological polar surface area (TPSA) is 79.6 Å². The highest BCUT2D eigenvalue weighted by Crippen LogP contribution is 2.24. The fraction of sp³-hybridized carbons (Fsp3) is 0.211. The molecule has 6 nitrogen and oxygen atoms in total. The first-order chi connectivity index (χ1) is 12.3. The minimum atomic E-state index is -3.74. The molecule has 1 aromatic heterocycles. The lowest BCUT2D eigenvalue weighted by Crippen LogP contribution is -2.13. The molecule has 1 heterocycles. The fourth-order valence-electron chi connectivity index (χ4n) is 2.84. The van der Waals surface area contributed by atoms with Gasteiger partial charge in [-0.2, -0.15) is 0 Å². The first kappa shape index (κ1) is 18.3. The number of carbonyl (C=O) groups excluding carboxylic acids is 1. The lowest BCUT2D eigenvalue weighted by molar-refractivity contribution is 0.0904. The van der Waals surface area contributed by atoms with Crippen molar-refractivity contribution in [1.82, 2.24) is 8.87 Å². The van der Waals surface area contributed by atoms with E-state index >= 15 is 0 Å². The van der Waals surface area contributed by atoms with E-state index in [1.807, 2.05) is 19.0 Å². The van der Waals surface area contributed by atoms with E-state index in [4.69, 9.17) is 5.11 Å². The summed E-state index contributed by atoms with van der Waals surface area (Å²) >= 11 is 0. The average Bonchev–Trinajstić information content (AvgIpc) is 3.05. The minimum Gasteiger partial charge on any atom is -0.388 e. The summed E-state index contributed by atoms with van der Waals surface area (Å²) in [6, 6.07) is 13.1. The monoisotopic (exact) mass is 372 g/mol. The number of hydrogen-bond acceptors (Lipinski definition) is 5. The van der Waals surface area contributed by atoms with Crippen LogP contribution >= 0.6 is 0 Å². The molecule has 2 aromatic carbocycles. The normalized spacial score (nSPS) is 12.0. The van der Waals surface area contributed by atoms with Crippen LogP contribution in [0.15, 0.2) is 59.6 Å². The van der Waals surface area contributed by atoms with Crippen molar-refractivity contribution in [2.75, 3.05) is 20.7 Å². The molecule has 0 radical (unpaired) electrons. The molecule has 0 saturated carbocycles. The molecule has 3 rings (SSSR count). The number of aliphatic hydroxyl groups excluding tert-OH is 1. The standard InChI is InChI=1S/C19H20N2O4S/c1-20(2)12-14-3-6-17(7-4-14)26(24,25)21-10-9-15-11-16(19(23)13-22)5-8-18(15)21/h3-11,22H,12-13H2,1-2H3. The molecule has 0 amide bonds. The Bertz CT molecular complexity index is 1050. The maximum absolute atomic E-state index is 13.0. The number of benzene rings is 2. The van der Waals surface area contributed by atoms with E-state index in [1.54, 1.807) is 42.5 Å². The first-order valence-corrected chi connectivity index (χ1v) is 9.51. The maximum Gasteiger partial charge on any atom is 0.268 e. The van der Waals surface area contributed by atoms with Crippen LogP contribution in [0, 0.1) is 0 Å². The van der Waals surface area contributed by atoms with Gasteiger partial charge in [-0.25, -0.2) is 12.4 Å². The number of carbonyl (C=O) groups is 1. The van der Waals surface area contributed by atoms with E-state index < -0.39 is 22.4 Å². The van der Waals surface area contributed by atoms with Crippen LogP contribution in [0.3, 0.4) is 0 Å². The van der Waals surface area contributed by atoms with E-state index in [0.29, 0.717) is 16.5 Å². The molecule has 1 N–H and O–H groups in total. The van der Waals surface area contributed by atoms with Crippen molar-refractivity contribution in [1.29, 1.82) is 0 Å². The average molecular weight is 372 g/mol. The third-order valence-corrected chi connectivity index (χ3v) is 5.80. The van der Waals surface area contributed by atoms with E-state index in [9.17, 15) is 13.2 Å². The number of Topliss-reactive ketones (excluding diaryl/α,β-unsaturated/α-hetero) is 1. The molecule has 136 valence electrons. The molecule has 0 saturated heterocycles. The fourth-order valence-corrected chi connectivity index (χ4v) is 4.19. The van der Waals surface area contributed by atoms with Crippen molar-refractivity contribution in [2.24, 2.45) is 0 Å². The van der Waals surface area contributed by atoms with Crippen molar-refractivity contribution < 1.29 is 18.3 Å². The molecule has 0 aliphatic rings. The van der Waals surface area contributed by atoms with Gasteiger partial charge in [0.15, 0.2) is 5.78 Å². The molecular weight excluding hydrogens is 352 g/mol. The summed E-state index contributed by atoms with van der Waals surface area (Å²) in [5.41, 5.74) is 1.86. The summed E-state index contributed by atoms with van der Waals surface area (Å²) < 4.78 is 27.1. The van der Waals surface area contributed by atoms with Gasteiger partial charge in [0.05, 0.1) is 10.4 Å². The van der Waals surface area contributed by atoms with Crippen molar-refractivity contribution in [3.05, 3.63) is 65.9 Å². The summed E-state index contributed by atoms with van der Waals surface area (Å²) in [6.45, 7) is 0.151. The Labute approximate surface area is 152 Å². The Morgan fingerprint density at radius 2 is 1.77 bits per heavy atom. The van der Waals surface area contributed by atoms with Gasteiger partial charge in [0.1, 0.15) is 6.61 Å². The molecule has 0 fully saturated rings. The van der Waals surface area contributed by atoms with Crippen LogP contribution < -0.4 is 0 Å². The van der Waals surface area contributed by atoms with Gasteiger partial charge >= 0.3 is 0 Å². The van der Waals surface area contributed by atoms with Gasteiger partial charge in [-0.1, -0.05) is 12.1 Å². The Hall–Kier alpha value is -2.48. The second kappa shape index (κ2) is 7.03. The number of fused-ring (bicyclic) bond motifs is 1. The maximum atomic E-state index is 13.0. The Morgan fingerprint density at radius 3 is 2.38 bits per heavy atom. The highest BCUT2D eigenvalue weighted by atomic mass is 32.2. The summed E-state index contributed by atoms with van der Waals surface area (Å²) in [5.74, 6) is -0.404. The molecular formula is C19H20N2O4S. The van der Waals surface area contributed by atoms with Crippen LogP contribution in [-0.2, 0) is 16.6 Å². The number of aliphatic hydroxyl groups is 1. The minimum absolute atomic E-state index is 0.202. The van der Waals surface area contributed by atoms with Crippen molar-refractivity contribution in [3.63, 3.8) is 0 Å². The Morgan fingerprint density at radius 1 is 1.08 bits per heavy atom. The number of rotatable bonds is 6. The lowest BCUT2D eigenvalue weighted by atomic mass is 10.1. The van der Waals surface area contributed by atoms with Gasteiger partial charge in [0.25, 0.3) is 10.0 Å². The van der Waals surface area contributed by atoms with E-state index in [-0.39, 0.29) is 4.90 Å². The van der Waals surface area contributed by atoms with Crippen LogP contribution in [0.2, 0.25) is 0 Å². The number of hydrogen-bond donors (Lipinski definition) is 1. The van der Waals surface area contributed by atoms with E-state index in [0.717, 1.165) is 12.1 Å². The zero-order valence-corrected chi connectivity index (χ0v) is 15.4. The summed E-state index contributed by atoms with van der Waals surface area (Å²) in [7, 11) is 0.164. The zero-order chi connectivity index (χ0) is 18.9. The van der Waals surface area contributed by atoms with Gasteiger partial charge in [-0.3, -0.25) is 4.79 Å². The second-order valence-corrected chi connectivity index (χ2v) is 8.17. The van der Waals surface area contributed by atoms with E-state index in [2.05, 4.69) is 0 Å². The summed E-state index contributed by atoms with van der Waals surface area (Å²) in [6.07, 6.45) is 1.47. The quantitative estimate of drug-likeness (QED) is 0.671. The number of aromatic nitrogens is 1. The second-order valence-electron chi connectivity index (χ2n) is 6.35. The van der Waals surface area contributed by atoms with Gasteiger partial charge in [0, 0.05) is 23.7 Å². The Kier molecular flexibility index (Phi) is 4.95. The molecule has 0 unspecified atom stereocenters. The van der Waals surface area contributed by atoms with Crippen molar-refractivity contribution >= 4 is 26.7 Å².